The molecule has 0 radical (unpaired) electrons. The van der Waals surface area contributed by atoms with Crippen molar-refractivity contribution in [3.8, 4) is 0 Å². The Morgan fingerprint density at radius 1 is 1.27 bits per heavy atom. The molecule has 0 saturated heterocycles. The van der Waals surface area contributed by atoms with Gasteiger partial charge in [0.2, 0.25) is 0 Å². The lowest BCUT2D eigenvalue weighted by Crippen LogP contribution is -1.82. The summed E-state index contributed by atoms with van der Waals surface area (Å²) in [5.41, 5.74) is 1.06. The Bertz CT molecular complexity index is 134. The first kappa shape index (κ1) is 10.4. The van der Waals surface area contributed by atoms with Crippen LogP contribution in [-0.2, 0) is 0 Å². The number of hydrogen-bond acceptors (Lipinski definition) is 1. The summed E-state index contributed by atoms with van der Waals surface area (Å²) in [5.74, 6) is 0. The average molecular weight is 154 g/mol. The molecule has 1 nitrogen and oxygen atoms in total. The SMILES string of the molecule is CC/C=C/CC/C=C(\C)CO. The summed E-state index contributed by atoms with van der Waals surface area (Å²) in [6.45, 7) is 4.27. The van der Waals surface area contributed by atoms with E-state index in [1.807, 2.05) is 6.92 Å². The van der Waals surface area contributed by atoms with Gasteiger partial charge in [-0.25, -0.2) is 0 Å². The molecule has 0 aliphatic heterocycles. The quantitative estimate of drug-likeness (QED) is 0.477. The largest absolute Gasteiger partial charge is 0.392 e. The molecule has 0 aromatic rings. The van der Waals surface area contributed by atoms with E-state index in [4.69, 9.17) is 5.11 Å². The Labute approximate surface area is 69.4 Å². The van der Waals surface area contributed by atoms with Crippen molar-refractivity contribution in [1.29, 1.82) is 0 Å². The number of aliphatic hydroxyl groups is 1. The highest BCUT2D eigenvalue weighted by Gasteiger charge is 1.82. The van der Waals surface area contributed by atoms with Crippen LogP contribution in [0.3, 0.4) is 0 Å². The summed E-state index contributed by atoms with van der Waals surface area (Å²) in [4.78, 5) is 0. The summed E-state index contributed by atoms with van der Waals surface area (Å²) < 4.78 is 0. The number of allylic oxidation sites excluding steroid dienone is 3. The zero-order valence-electron chi connectivity index (χ0n) is 7.51. The molecule has 0 fully saturated rings. The third-order valence-corrected chi connectivity index (χ3v) is 1.48. The second-order valence-corrected chi connectivity index (χ2v) is 2.67. The molecule has 0 aliphatic rings. The predicted molar refractivity (Wildman–Crippen MR) is 49.5 cm³/mol. The highest BCUT2D eigenvalue weighted by Crippen LogP contribution is 1.98. The van der Waals surface area contributed by atoms with Crippen LogP contribution >= 0.6 is 0 Å². The van der Waals surface area contributed by atoms with E-state index < -0.39 is 0 Å². The van der Waals surface area contributed by atoms with Crippen molar-refractivity contribution in [2.45, 2.75) is 33.1 Å². The lowest BCUT2D eigenvalue weighted by atomic mass is 10.2. The Morgan fingerprint density at radius 2 is 2.00 bits per heavy atom. The maximum Gasteiger partial charge on any atom is 0.0639 e. The van der Waals surface area contributed by atoms with Crippen LogP contribution in [0.1, 0.15) is 33.1 Å². The van der Waals surface area contributed by atoms with Crippen molar-refractivity contribution >= 4 is 0 Å². The van der Waals surface area contributed by atoms with E-state index in [1.54, 1.807) is 0 Å². The molecule has 1 heteroatoms. The topological polar surface area (TPSA) is 20.2 Å². The molecule has 0 rings (SSSR count). The highest BCUT2D eigenvalue weighted by atomic mass is 16.3. The van der Waals surface area contributed by atoms with Gasteiger partial charge in [0.15, 0.2) is 0 Å². The summed E-state index contributed by atoms with van der Waals surface area (Å²) in [7, 11) is 0. The molecule has 0 saturated carbocycles. The number of hydrogen-bond donors (Lipinski definition) is 1. The molecule has 11 heavy (non-hydrogen) atoms. The normalized spacial score (nSPS) is 12.8. The molecule has 1 N–H and O–H groups in total. The second kappa shape index (κ2) is 7.55. The molecule has 0 heterocycles. The minimum Gasteiger partial charge on any atom is -0.392 e. The molecule has 64 valence electrons. The van der Waals surface area contributed by atoms with Crippen molar-refractivity contribution in [2.24, 2.45) is 0 Å². The van der Waals surface area contributed by atoms with Crippen molar-refractivity contribution in [1.82, 2.24) is 0 Å². The Morgan fingerprint density at radius 3 is 2.55 bits per heavy atom. The molecule has 0 atom stereocenters. The van der Waals surface area contributed by atoms with Crippen LogP contribution in [0.5, 0.6) is 0 Å². The molecular weight excluding hydrogens is 136 g/mol. The fourth-order valence-electron chi connectivity index (χ4n) is 0.775. The van der Waals surface area contributed by atoms with Gasteiger partial charge in [-0.3, -0.25) is 0 Å². The lowest BCUT2D eigenvalue weighted by molar-refractivity contribution is 0.331. The van der Waals surface area contributed by atoms with E-state index in [0.29, 0.717) is 0 Å². The van der Waals surface area contributed by atoms with Crippen molar-refractivity contribution in [3.63, 3.8) is 0 Å². The number of rotatable bonds is 5. The van der Waals surface area contributed by atoms with Gasteiger partial charge >= 0.3 is 0 Å². The van der Waals surface area contributed by atoms with Gasteiger partial charge in [0.05, 0.1) is 6.61 Å². The van der Waals surface area contributed by atoms with Gasteiger partial charge in [-0.1, -0.05) is 30.7 Å². The number of unbranched alkanes of at least 4 members (excludes halogenated alkanes) is 1. The molecule has 0 aliphatic carbocycles. The van der Waals surface area contributed by atoms with E-state index >= 15 is 0 Å². The van der Waals surface area contributed by atoms with E-state index in [0.717, 1.165) is 24.8 Å². The minimum atomic E-state index is 0.192. The molecule has 0 amide bonds. The van der Waals surface area contributed by atoms with Gasteiger partial charge in [-0.05, 0) is 26.2 Å². The monoisotopic (exact) mass is 154 g/mol. The molecule has 0 unspecified atom stereocenters. The van der Waals surface area contributed by atoms with Gasteiger partial charge < -0.3 is 5.11 Å². The fourth-order valence-corrected chi connectivity index (χ4v) is 0.775. The van der Waals surface area contributed by atoms with E-state index in [9.17, 15) is 0 Å². The van der Waals surface area contributed by atoms with Crippen LogP contribution in [-0.4, -0.2) is 11.7 Å². The molecule has 0 aromatic carbocycles. The van der Waals surface area contributed by atoms with Crippen LogP contribution in [0.25, 0.3) is 0 Å². The van der Waals surface area contributed by atoms with Gasteiger partial charge in [-0.2, -0.15) is 0 Å². The second-order valence-electron chi connectivity index (χ2n) is 2.67. The molecule has 0 bridgehead atoms. The van der Waals surface area contributed by atoms with Gasteiger partial charge in [0, 0.05) is 0 Å². The fraction of sp³-hybridized carbons (Fsp3) is 0.600. The van der Waals surface area contributed by atoms with Crippen molar-refractivity contribution < 1.29 is 5.11 Å². The average Bonchev–Trinajstić information content (AvgIpc) is 2.04. The Hall–Kier alpha value is -0.560. The summed E-state index contributed by atoms with van der Waals surface area (Å²) in [6.07, 6.45) is 9.68. The van der Waals surface area contributed by atoms with Crippen LogP contribution in [0.4, 0.5) is 0 Å². The van der Waals surface area contributed by atoms with Crippen LogP contribution in [0.15, 0.2) is 23.8 Å². The smallest absolute Gasteiger partial charge is 0.0639 e. The Balaban J connectivity index is 3.33. The van der Waals surface area contributed by atoms with Crippen LogP contribution < -0.4 is 0 Å². The maximum atomic E-state index is 8.65. The molecule has 0 spiro atoms. The third-order valence-electron chi connectivity index (χ3n) is 1.48. The summed E-state index contributed by atoms with van der Waals surface area (Å²) in [5, 5.41) is 8.65. The minimum absolute atomic E-state index is 0.192. The summed E-state index contributed by atoms with van der Waals surface area (Å²) >= 11 is 0. The van der Waals surface area contributed by atoms with E-state index in [1.165, 1.54) is 0 Å². The third kappa shape index (κ3) is 7.34. The van der Waals surface area contributed by atoms with Crippen LogP contribution in [0.2, 0.25) is 0 Å². The standard InChI is InChI=1S/C10H18O/c1-3-4-5-6-7-8-10(2)9-11/h4-5,8,11H,3,6-7,9H2,1-2H3/b5-4+,10-8+. The summed E-state index contributed by atoms with van der Waals surface area (Å²) in [6, 6.07) is 0. The van der Waals surface area contributed by atoms with Crippen LogP contribution in [0, 0.1) is 0 Å². The van der Waals surface area contributed by atoms with Gasteiger partial charge in [0.25, 0.3) is 0 Å². The predicted octanol–water partition coefficient (Wildman–Crippen LogP) is 2.67. The first-order valence-corrected chi connectivity index (χ1v) is 4.22. The number of aliphatic hydroxyl groups excluding tert-OH is 1. The zero-order valence-corrected chi connectivity index (χ0v) is 7.51. The van der Waals surface area contributed by atoms with E-state index in [-0.39, 0.29) is 6.61 Å². The highest BCUT2D eigenvalue weighted by molar-refractivity contribution is 4.98. The van der Waals surface area contributed by atoms with Gasteiger partial charge in [0.1, 0.15) is 0 Å². The molecular formula is C10H18O. The first-order chi connectivity index (χ1) is 5.31. The maximum absolute atomic E-state index is 8.65. The van der Waals surface area contributed by atoms with Crippen molar-refractivity contribution in [3.05, 3.63) is 23.8 Å². The Kier molecular flexibility index (Phi) is 7.16. The molecule has 0 aromatic heterocycles. The van der Waals surface area contributed by atoms with Crippen molar-refractivity contribution in [2.75, 3.05) is 6.61 Å². The zero-order chi connectivity index (χ0) is 8.53. The lowest BCUT2D eigenvalue weighted by Gasteiger charge is -1.92. The van der Waals surface area contributed by atoms with Gasteiger partial charge in [-0.15, -0.1) is 0 Å². The first-order valence-electron chi connectivity index (χ1n) is 4.22. The van der Waals surface area contributed by atoms with E-state index in [2.05, 4.69) is 25.2 Å².